The van der Waals surface area contributed by atoms with Crippen molar-refractivity contribution in [2.24, 2.45) is 5.10 Å². The lowest BCUT2D eigenvalue weighted by molar-refractivity contribution is -0.116. The van der Waals surface area contributed by atoms with Gasteiger partial charge in [0.05, 0.1) is 17.1 Å². The van der Waals surface area contributed by atoms with Gasteiger partial charge < -0.3 is 0 Å². The Hall–Kier alpha value is -1.42. The second-order valence-electron chi connectivity index (χ2n) is 2.81. The third-order valence-corrected chi connectivity index (χ3v) is 2.15. The SMILES string of the molecule is O=C1CC=NN1c1ccc(Cl)c(F)c1. The zero-order valence-electron chi connectivity index (χ0n) is 7.08. The molecular formula is C9H6ClFN2O. The second-order valence-corrected chi connectivity index (χ2v) is 3.21. The van der Waals surface area contributed by atoms with Gasteiger partial charge in [-0.25, -0.2) is 9.40 Å². The molecule has 2 rings (SSSR count). The number of benzene rings is 1. The van der Waals surface area contributed by atoms with Crippen LogP contribution in [-0.4, -0.2) is 12.1 Å². The summed E-state index contributed by atoms with van der Waals surface area (Å²) >= 11 is 5.51. The average Bonchev–Trinajstić information content (AvgIpc) is 2.57. The van der Waals surface area contributed by atoms with Gasteiger partial charge in [-0.2, -0.15) is 5.10 Å². The van der Waals surface area contributed by atoms with E-state index in [4.69, 9.17) is 11.6 Å². The molecule has 0 N–H and O–H groups in total. The van der Waals surface area contributed by atoms with Gasteiger partial charge in [0.1, 0.15) is 5.82 Å². The number of anilines is 1. The quantitative estimate of drug-likeness (QED) is 0.703. The topological polar surface area (TPSA) is 32.7 Å². The van der Waals surface area contributed by atoms with Gasteiger partial charge in [-0.05, 0) is 12.1 Å². The number of rotatable bonds is 1. The van der Waals surface area contributed by atoms with E-state index in [0.717, 1.165) is 5.01 Å². The van der Waals surface area contributed by atoms with Crippen LogP contribution in [0.3, 0.4) is 0 Å². The van der Waals surface area contributed by atoms with E-state index in [1.807, 2.05) is 0 Å². The molecule has 0 fully saturated rings. The summed E-state index contributed by atoms with van der Waals surface area (Å²) in [5.74, 6) is -0.731. The molecule has 1 heterocycles. The van der Waals surface area contributed by atoms with Crippen LogP contribution in [0.2, 0.25) is 5.02 Å². The summed E-state index contributed by atoms with van der Waals surface area (Å²) in [5.41, 5.74) is 0.394. The summed E-state index contributed by atoms with van der Waals surface area (Å²) < 4.78 is 13.0. The van der Waals surface area contributed by atoms with E-state index in [1.54, 1.807) is 6.07 Å². The number of hydrogen-bond donors (Lipinski definition) is 0. The van der Waals surface area contributed by atoms with Gasteiger partial charge in [-0.15, -0.1) is 0 Å². The molecule has 1 amide bonds. The molecule has 1 aliphatic heterocycles. The molecule has 3 nitrogen and oxygen atoms in total. The number of hydrazone groups is 1. The average molecular weight is 213 g/mol. The Labute approximate surface area is 84.8 Å². The highest BCUT2D eigenvalue weighted by Gasteiger charge is 2.19. The summed E-state index contributed by atoms with van der Waals surface area (Å²) in [5, 5.41) is 4.99. The standard InChI is InChI=1S/C9H6ClFN2O/c10-7-2-1-6(5-8(7)11)13-9(14)3-4-12-13/h1-2,4-5H,3H2. The third kappa shape index (κ3) is 1.48. The van der Waals surface area contributed by atoms with Crippen LogP contribution in [0.4, 0.5) is 10.1 Å². The second kappa shape index (κ2) is 3.38. The Bertz CT molecular complexity index is 419. The maximum atomic E-state index is 13.0. The Balaban J connectivity index is 2.37. The summed E-state index contributed by atoms with van der Waals surface area (Å²) in [6, 6.07) is 4.13. The molecule has 0 spiro atoms. The fraction of sp³-hybridized carbons (Fsp3) is 0.111. The Morgan fingerprint density at radius 2 is 2.29 bits per heavy atom. The van der Waals surface area contributed by atoms with Crippen molar-refractivity contribution in [2.75, 3.05) is 5.01 Å². The van der Waals surface area contributed by atoms with Gasteiger partial charge in [0.25, 0.3) is 5.91 Å². The largest absolute Gasteiger partial charge is 0.272 e. The van der Waals surface area contributed by atoms with Crippen LogP contribution in [0.5, 0.6) is 0 Å². The molecule has 14 heavy (non-hydrogen) atoms. The van der Waals surface area contributed by atoms with Crippen molar-refractivity contribution in [1.82, 2.24) is 0 Å². The van der Waals surface area contributed by atoms with Crippen LogP contribution < -0.4 is 5.01 Å². The zero-order chi connectivity index (χ0) is 10.1. The number of nitrogens with zero attached hydrogens (tertiary/aromatic N) is 2. The third-order valence-electron chi connectivity index (χ3n) is 1.85. The first-order valence-corrected chi connectivity index (χ1v) is 4.37. The number of amides is 1. The first-order valence-electron chi connectivity index (χ1n) is 3.99. The molecule has 1 aromatic rings. The van der Waals surface area contributed by atoms with Crippen LogP contribution in [0, 0.1) is 5.82 Å². The minimum Gasteiger partial charge on any atom is -0.272 e. The van der Waals surface area contributed by atoms with E-state index >= 15 is 0 Å². The Morgan fingerprint density at radius 3 is 2.86 bits per heavy atom. The lowest BCUT2D eigenvalue weighted by Crippen LogP contribution is -2.19. The monoisotopic (exact) mass is 212 g/mol. The van der Waals surface area contributed by atoms with Crippen molar-refractivity contribution in [3.8, 4) is 0 Å². The normalized spacial score (nSPS) is 15.3. The fourth-order valence-electron chi connectivity index (χ4n) is 1.18. The number of halogens is 2. The number of hydrogen-bond acceptors (Lipinski definition) is 2. The molecular weight excluding hydrogens is 207 g/mol. The first kappa shape index (κ1) is 9.15. The summed E-state index contributed by atoms with van der Waals surface area (Å²) in [7, 11) is 0. The van der Waals surface area contributed by atoms with Crippen molar-refractivity contribution in [1.29, 1.82) is 0 Å². The summed E-state index contributed by atoms with van der Waals surface area (Å²) in [6.07, 6.45) is 1.74. The van der Waals surface area contributed by atoms with E-state index in [0.29, 0.717) is 5.69 Å². The van der Waals surface area contributed by atoms with Gasteiger partial charge in [0, 0.05) is 12.3 Å². The van der Waals surface area contributed by atoms with Crippen molar-refractivity contribution < 1.29 is 9.18 Å². The molecule has 5 heteroatoms. The molecule has 0 aliphatic carbocycles. The van der Waals surface area contributed by atoms with E-state index in [-0.39, 0.29) is 17.4 Å². The molecule has 0 saturated carbocycles. The Morgan fingerprint density at radius 1 is 1.50 bits per heavy atom. The van der Waals surface area contributed by atoms with Gasteiger partial charge in [0.15, 0.2) is 0 Å². The number of carbonyl (C=O) groups excluding carboxylic acids is 1. The Kier molecular flexibility index (Phi) is 2.21. The lowest BCUT2D eigenvalue weighted by Gasteiger charge is -2.11. The van der Waals surface area contributed by atoms with Crippen LogP contribution >= 0.6 is 11.6 Å². The van der Waals surface area contributed by atoms with Crippen molar-refractivity contribution in [3.63, 3.8) is 0 Å². The highest BCUT2D eigenvalue weighted by atomic mass is 35.5. The molecule has 0 unspecified atom stereocenters. The molecule has 1 aliphatic rings. The van der Waals surface area contributed by atoms with Gasteiger partial charge in [-0.3, -0.25) is 4.79 Å². The molecule has 1 aromatic carbocycles. The molecule has 72 valence electrons. The molecule has 0 radical (unpaired) electrons. The van der Waals surface area contributed by atoms with E-state index < -0.39 is 5.82 Å². The smallest absolute Gasteiger partial charge is 0.252 e. The van der Waals surface area contributed by atoms with Crippen LogP contribution in [-0.2, 0) is 4.79 Å². The van der Waals surface area contributed by atoms with E-state index in [2.05, 4.69) is 5.10 Å². The summed E-state index contributed by atoms with van der Waals surface area (Å²) in [4.78, 5) is 11.2. The van der Waals surface area contributed by atoms with Crippen molar-refractivity contribution in [3.05, 3.63) is 29.0 Å². The minimum absolute atomic E-state index is 0.0318. The van der Waals surface area contributed by atoms with Crippen LogP contribution in [0.25, 0.3) is 0 Å². The highest BCUT2D eigenvalue weighted by molar-refractivity contribution is 6.30. The van der Waals surface area contributed by atoms with Gasteiger partial charge in [-0.1, -0.05) is 11.6 Å². The fourth-order valence-corrected chi connectivity index (χ4v) is 1.30. The van der Waals surface area contributed by atoms with Crippen molar-refractivity contribution >= 4 is 29.4 Å². The van der Waals surface area contributed by atoms with Crippen LogP contribution in [0.15, 0.2) is 23.3 Å². The molecule has 0 bridgehead atoms. The predicted octanol–water partition coefficient (Wildman–Crippen LogP) is 2.20. The van der Waals surface area contributed by atoms with Crippen LogP contribution in [0.1, 0.15) is 6.42 Å². The maximum absolute atomic E-state index is 13.0. The molecule has 0 saturated heterocycles. The van der Waals surface area contributed by atoms with E-state index in [9.17, 15) is 9.18 Å². The van der Waals surface area contributed by atoms with E-state index in [1.165, 1.54) is 18.3 Å². The lowest BCUT2D eigenvalue weighted by atomic mass is 10.3. The van der Waals surface area contributed by atoms with Gasteiger partial charge in [0.2, 0.25) is 0 Å². The minimum atomic E-state index is -0.556. The molecule has 0 aromatic heterocycles. The molecule has 0 atom stereocenters. The van der Waals surface area contributed by atoms with Crippen molar-refractivity contribution in [2.45, 2.75) is 6.42 Å². The zero-order valence-corrected chi connectivity index (χ0v) is 7.83. The predicted molar refractivity (Wildman–Crippen MR) is 52.0 cm³/mol. The summed E-state index contributed by atoms with van der Waals surface area (Å²) in [6.45, 7) is 0. The number of carbonyl (C=O) groups is 1. The van der Waals surface area contributed by atoms with Gasteiger partial charge >= 0.3 is 0 Å². The first-order chi connectivity index (χ1) is 6.68. The maximum Gasteiger partial charge on any atom is 0.252 e. The highest BCUT2D eigenvalue weighted by Crippen LogP contribution is 2.23.